The molecule has 0 bridgehead atoms. The van der Waals surface area contributed by atoms with E-state index in [0.29, 0.717) is 55.1 Å². The van der Waals surface area contributed by atoms with Crippen LogP contribution in [0.4, 0.5) is 11.4 Å². The Balaban J connectivity index is 1.15. The molecule has 0 saturated heterocycles. The van der Waals surface area contributed by atoms with Gasteiger partial charge in [0.15, 0.2) is 11.5 Å². The van der Waals surface area contributed by atoms with E-state index in [1.54, 1.807) is 25.1 Å². The van der Waals surface area contributed by atoms with Crippen molar-refractivity contribution in [3.05, 3.63) is 119 Å². The number of ketones is 1. The molecule has 64 heavy (non-hydrogen) atoms. The molecule has 0 aliphatic carbocycles. The second kappa shape index (κ2) is 19.0. The summed E-state index contributed by atoms with van der Waals surface area (Å²) in [5.41, 5.74) is 4.79. The van der Waals surface area contributed by atoms with E-state index in [4.69, 9.17) is 0 Å². The smallest absolute Gasteiger partial charge is 0.294 e. The molecule has 3 aromatic carbocycles. The Morgan fingerprint density at radius 3 is 2.00 bits per heavy atom. The fraction of sp³-hybridized carbons (Fsp3) is 0.378. The highest BCUT2D eigenvalue weighted by Crippen LogP contribution is 2.48. The van der Waals surface area contributed by atoms with Crippen LogP contribution in [0.25, 0.3) is 11.4 Å². The van der Waals surface area contributed by atoms with Crippen LogP contribution in [0.5, 0.6) is 0 Å². The van der Waals surface area contributed by atoms with Gasteiger partial charge in [-0.05, 0) is 87.6 Å². The molecular formula is C45H53N6O10S3+. The van der Waals surface area contributed by atoms with Crippen LogP contribution < -0.4 is 4.90 Å². The van der Waals surface area contributed by atoms with Crippen LogP contribution in [-0.4, -0.2) is 94.2 Å². The first-order valence-corrected chi connectivity index (χ1v) is 25.3. The van der Waals surface area contributed by atoms with Gasteiger partial charge in [-0.2, -0.15) is 29.8 Å². The fourth-order valence-electron chi connectivity index (χ4n) is 8.27. The van der Waals surface area contributed by atoms with Gasteiger partial charge in [0.1, 0.15) is 12.3 Å². The van der Waals surface area contributed by atoms with Gasteiger partial charge < -0.3 is 4.90 Å². The summed E-state index contributed by atoms with van der Waals surface area (Å²) in [5.74, 6) is 0.637. The molecule has 0 unspecified atom stereocenters. The average Bonchev–Trinajstić information content (AvgIpc) is 3.56. The number of hydrogen-bond donors (Lipinski definition) is 3. The van der Waals surface area contributed by atoms with Crippen molar-refractivity contribution in [2.75, 3.05) is 23.7 Å². The van der Waals surface area contributed by atoms with Crippen molar-refractivity contribution in [2.45, 2.75) is 100 Å². The Kier molecular flexibility index (Phi) is 14.3. The Morgan fingerprint density at radius 2 is 1.36 bits per heavy atom. The predicted molar refractivity (Wildman–Crippen MR) is 243 cm³/mol. The summed E-state index contributed by atoms with van der Waals surface area (Å²) in [7, 11) is -13.2. The monoisotopic (exact) mass is 933 g/mol. The lowest BCUT2D eigenvalue weighted by molar-refractivity contribution is -0.437. The lowest BCUT2D eigenvalue weighted by Gasteiger charge is -2.27. The molecule has 0 spiro atoms. The lowest BCUT2D eigenvalue weighted by Crippen LogP contribution is -2.28. The predicted octanol–water partition coefficient (Wildman–Crippen LogP) is 6.95. The van der Waals surface area contributed by atoms with E-state index < -0.39 is 46.9 Å². The summed E-state index contributed by atoms with van der Waals surface area (Å²) >= 11 is 0. The van der Waals surface area contributed by atoms with E-state index in [9.17, 15) is 43.7 Å². The highest BCUT2D eigenvalue weighted by atomic mass is 32.2. The van der Waals surface area contributed by atoms with Crippen molar-refractivity contribution >= 4 is 53.2 Å². The minimum Gasteiger partial charge on any atom is -0.344 e. The van der Waals surface area contributed by atoms with Crippen LogP contribution in [0.1, 0.15) is 88.7 Å². The van der Waals surface area contributed by atoms with Crippen molar-refractivity contribution in [3.63, 3.8) is 0 Å². The van der Waals surface area contributed by atoms with Gasteiger partial charge in [0.05, 0.1) is 21.0 Å². The van der Waals surface area contributed by atoms with Gasteiger partial charge in [-0.3, -0.25) is 18.5 Å². The van der Waals surface area contributed by atoms with Crippen molar-refractivity contribution < 1.29 is 48.3 Å². The zero-order chi connectivity index (χ0) is 46.7. The summed E-state index contributed by atoms with van der Waals surface area (Å²) < 4.78 is 102. The number of allylic oxidation sites excluding steroid dienone is 6. The summed E-state index contributed by atoms with van der Waals surface area (Å²) in [6, 6.07) is 16.5. The summed E-state index contributed by atoms with van der Waals surface area (Å²) in [4.78, 5) is 14.5. The standard InChI is InChI=1S/C45H52N6O10S3/c1-31-46-48-43(49-47-31)33-19-16-32(17-20-33)18-21-34(52)13-8-7-11-26-50-39-24-22-35(63(56,57)58)29-37(39)44(2,3)41(50)14-9-6-10-15-42-45(4,5)38-30-36(64(59,60)61)23-25-40(38)51(42)27-12-28-62(53,54)55/h6,9-10,14-17,19-20,22-25,29-30H,7-8,11-13,18,21,26-28H2,1-5H3,(H2-,53,54,55,56,57,58,59,60,61)/p+1. The number of benzene rings is 3. The third-order valence-corrected chi connectivity index (χ3v) is 14.2. The number of fused-ring (bicyclic) bond motifs is 2. The molecule has 2 aliphatic heterocycles. The van der Waals surface area contributed by atoms with Gasteiger partial charge in [-0.1, -0.05) is 62.8 Å². The topological polar surface area (TPSA) is 238 Å². The van der Waals surface area contributed by atoms with Crippen molar-refractivity contribution in [3.8, 4) is 11.4 Å². The number of Topliss-reactive ketones (excluding diaryl/α,β-unsaturated/α-hetero) is 1. The molecule has 19 heteroatoms. The molecule has 6 rings (SSSR count). The van der Waals surface area contributed by atoms with Crippen LogP contribution in [0.3, 0.4) is 0 Å². The summed E-state index contributed by atoms with van der Waals surface area (Å²) in [6.07, 6.45) is 13.1. The van der Waals surface area contributed by atoms with E-state index >= 15 is 0 Å². The largest absolute Gasteiger partial charge is 0.344 e. The van der Waals surface area contributed by atoms with Crippen LogP contribution in [0.15, 0.2) is 107 Å². The van der Waals surface area contributed by atoms with Gasteiger partial charge in [-0.15, -0.1) is 20.4 Å². The maximum atomic E-state index is 12.9. The molecule has 0 atom stereocenters. The fourth-order valence-corrected chi connectivity index (χ4v) is 9.77. The number of aromatic nitrogens is 4. The van der Waals surface area contributed by atoms with E-state index in [2.05, 4.69) is 25.3 Å². The number of carbonyl (C=O) groups excluding carboxylic acids is 1. The van der Waals surface area contributed by atoms with Gasteiger partial charge in [0, 0.05) is 65.9 Å². The number of carbonyl (C=O) groups is 1. The second-order valence-electron chi connectivity index (χ2n) is 17.0. The minimum absolute atomic E-state index is 0.0905. The Morgan fingerprint density at radius 1 is 0.719 bits per heavy atom. The van der Waals surface area contributed by atoms with E-state index in [0.717, 1.165) is 46.6 Å². The molecule has 1 aromatic heterocycles. The first kappa shape index (κ1) is 48.2. The molecule has 3 N–H and O–H groups in total. The van der Waals surface area contributed by atoms with Crippen molar-refractivity contribution in [2.24, 2.45) is 0 Å². The molecule has 2 aliphatic rings. The normalized spacial score (nSPS) is 16.6. The third-order valence-electron chi connectivity index (χ3n) is 11.7. The van der Waals surface area contributed by atoms with Crippen LogP contribution in [0, 0.1) is 6.92 Å². The van der Waals surface area contributed by atoms with Gasteiger partial charge in [0.25, 0.3) is 30.4 Å². The van der Waals surface area contributed by atoms with Gasteiger partial charge in [-0.25, -0.2) is 0 Å². The molecular weight excluding hydrogens is 881 g/mol. The van der Waals surface area contributed by atoms with Gasteiger partial charge in [0.2, 0.25) is 11.5 Å². The third kappa shape index (κ3) is 11.3. The number of anilines is 1. The molecule has 3 heterocycles. The van der Waals surface area contributed by atoms with Crippen LogP contribution in [0.2, 0.25) is 0 Å². The summed E-state index contributed by atoms with van der Waals surface area (Å²) in [5, 5.41) is 16.0. The lowest BCUT2D eigenvalue weighted by atomic mass is 9.81. The zero-order valence-electron chi connectivity index (χ0n) is 36.3. The molecule has 0 radical (unpaired) electrons. The average molecular weight is 934 g/mol. The maximum absolute atomic E-state index is 12.9. The number of rotatable bonds is 19. The Bertz CT molecular complexity index is 2890. The maximum Gasteiger partial charge on any atom is 0.294 e. The molecule has 0 fully saturated rings. The molecule has 4 aromatic rings. The van der Waals surface area contributed by atoms with Gasteiger partial charge >= 0.3 is 0 Å². The molecule has 340 valence electrons. The molecule has 0 saturated carbocycles. The van der Waals surface area contributed by atoms with E-state index in [-0.39, 0.29) is 28.5 Å². The second-order valence-corrected chi connectivity index (χ2v) is 21.4. The highest BCUT2D eigenvalue weighted by Gasteiger charge is 2.45. The Labute approximate surface area is 374 Å². The zero-order valence-corrected chi connectivity index (χ0v) is 38.8. The highest BCUT2D eigenvalue weighted by molar-refractivity contribution is 7.86. The SMILES string of the molecule is Cc1nnc(-c2ccc(CCC(=O)CCCCCN3C(=CC=CC=CC4=[N+](CCCS(=O)(=O)O)c5ccc(S(=O)(=O)O)cc5C4(C)C)C(C)(C)c4cc(S(=O)(=O)O)ccc43)cc2)nn1. The first-order chi connectivity index (χ1) is 30.0. The number of hydrogen-bond acceptors (Lipinski definition) is 12. The molecule has 16 nitrogen and oxygen atoms in total. The van der Waals surface area contributed by atoms with E-state index in [1.165, 1.54) is 24.3 Å². The first-order valence-electron chi connectivity index (χ1n) is 20.8. The van der Waals surface area contributed by atoms with Crippen LogP contribution in [-0.2, 0) is 52.4 Å². The van der Waals surface area contributed by atoms with Crippen molar-refractivity contribution in [1.82, 2.24) is 20.4 Å². The van der Waals surface area contributed by atoms with Crippen LogP contribution >= 0.6 is 0 Å². The summed E-state index contributed by atoms with van der Waals surface area (Å²) in [6.45, 7) is 10.2. The number of aryl methyl sites for hydroxylation is 2. The molecule has 0 amide bonds. The quantitative estimate of drug-likeness (QED) is 0.0373. The Hall–Kier alpha value is -5.31. The van der Waals surface area contributed by atoms with E-state index in [1.807, 2.05) is 80.8 Å². The minimum atomic E-state index is -4.49. The number of nitrogens with zero attached hydrogens (tertiary/aromatic N) is 6. The number of unbranched alkanes of at least 4 members (excludes halogenated alkanes) is 2. The van der Waals surface area contributed by atoms with Crippen molar-refractivity contribution in [1.29, 1.82) is 0 Å².